The fourth-order valence-corrected chi connectivity index (χ4v) is 3.15. The predicted molar refractivity (Wildman–Crippen MR) is 101 cm³/mol. The molecule has 4 heteroatoms. The molecule has 0 amide bonds. The minimum atomic E-state index is 0.0490. The van der Waals surface area contributed by atoms with Crippen LogP contribution in [0.25, 0.3) is 12.2 Å². The van der Waals surface area contributed by atoms with E-state index in [2.05, 4.69) is 4.90 Å². The molecule has 0 N–H and O–H groups in total. The highest BCUT2D eigenvalue weighted by Crippen LogP contribution is 2.25. The summed E-state index contributed by atoms with van der Waals surface area (Å²) in [4.78, 5) is 15.0. The Morgan fingerprint density at radius 2 is 1.25 bits per heavy atom. The van der Waals surface area contributed by atoms with Crippen molar-refractivity contribution in [2.45, 2.75) is 0 Å². The highest BCUT2D eigenvalue weighted by Gasteiger charge is 2.24. The summed E-state index contributed by atoms with van der Waals surface area (Å²) in [7, 11) is 1.99. The van der Waals surface area contributed by atoms with Crippen LogP contribution in [0.15, 0.2) is 59.7 Å². The van der Waals surface area contributed by atoms with Gasteiger partial charge in [0.25, 0.3) is 0 Å². The molecule has 0 radical (unpaired) electrons. The number of likely N-dealkylation sites (N-methyl/N-ethyl adjacent to an activating group) is 1. The Hall–Kier alpha value is -1.87. The lowest BCUT2D eigenvalue weighted by Gasteiger charge is -2.26. The van der Waals surface area contributed by atoms with Gasteiger partial charge in [0, 0.05) is 34.3 Å². The second-order valence-electron chi connectivity index (χ2n) is 5.88. The molecule has 0 spiro atoms. The van der Waals surface area contributed by atoms with E-state index in [1.54, 1.807) is 0 Å². The van der Waals surface area contributed by atoms with Crippen molar-refractivity contribution in [3.05, 3.63) is 80.8 Å². The topological polar surface area (TPSA) is 20.3 Å². The number of rotatable bonds is 2. The van der Waals surface area contributed by atoms with Crippen molar-refractivity contribution in [1.82, 2.24) is 4.90 Å². The van der Waals surface area contributed by atoms with Crippen molar-refractivity contribution >= 4 is 41.1 Å². The lowest BCUT2D eigenvalue weighted by Crippen LogP contribution is -2.34. The molecule has 1 aliphatic rings. The number of Topliss-reactive ketones (excluding diaryl/α,β-unsaturated/α-hetero) is 1. The molecular formula is C20H17Cl2NO. The molecule has 1 heterocycles. The van der Waals surface area contributed by atoms with Gasteiger partial charge in [-0.3, -0.25) is 9.69 Å². The third kappa shape index (κ3) is 3.78. The average Bonchev–Trinajstić information content (AvgIpc) is 2.56. The van der Waals surface area contributed by atoms with Gasteiger partial charge < -0.3 is 0 Å². The molecule has 0 atom stereocenters. The zero-order chi connectivity index (χ0) is 17.1. The number of nitrogens with zero attached hydrogens (tertiary/aromatic N) is 1. The van der Waals surface area contributed by atoms with Crippen LogP contribution in [0.1, 0.15) is 11.1 Å². The molecule has 1 saturated heterocycles. The van der Waals surface area contributed by atoms with Gasteiger partial charge in [-0.25, -0.2) is 0 Å². The molecule has 1 fully saturated rings. The van der Waals surface area contributed by atoms with E-state index in [1.165, 1.54) is 0 Å². The Morgan fingerprint density at radius 3 is 1.67 bits per heavy atom. The molecular weight excluding hydrogens is 341 g/mol. The van der Waals surface area contributed by atoms with Crippen LogP contribution in [0.3, 0.4) is 0 Å². The van der Waals surface area contributed by atoms with Gasteiger partial charge in [-0.05, 0) is 42.5 Å². The van der Waals surface area contributed by atoms with Crippen molar-refractivity contribution in [3.63, 3.8) is 0 Å². The molecule has 122 valence electrons. The average molecular weight is 358 g/mol. The summed E-state index contributed by atoms with van der Waals surface area (Å²) in [6, 6.07) is 15.1. The van der Waals surface area contributed by atoms with Gasteiger partial charge in [0.2, 0.25) is 0 Å². The largest absolute Gasteiger partial charge is 0.298 e. The summed E-state index contributed by atoms with van der Waals surface area (Å²) in [5.74, 6) is 0.0490. The van der Waals surface area contributed by atoms with Gasteiger partial charge in [0.05, 0.1) is 0 Å². The number of carbonyl (C=O) groups excluding carboxylic acids is 1. The van der Waals surface area contributed by atoms with Crippen molar-refractivity contribution in [1.29, 1.82) is 0 Å². The highest BCUT2D eigenvalue weighted by molar-refractivity contribution is 6.33. The molecule has 3 rings (SSSR count). The maximum atomic E-state index is 12.9. The maximum Gasteiger partial charge on any atom is 0.187 e. The Labute approximate surface area is 152 Å². The zero-order valence-electron chi connectivity index (χ0n) is 13.3. The lowest BCUT2D eigenvalue weighted by atomic mass is 9.94. The van der Waals surface area contributed by atoms with E-state index in [1.807, 2.05) is 67.7 Å². The standard InChI is InChI=1S/C20H17Cl2NO/c1-23-12-16(10-14-6-2-4-8-18(14)21)20(24)17(13-23)11-15-7-3-5-9-19(15)22/h2-11H,12-13H2,1H3/b16-10+,17-11?. The number of carbonyl (C=O) groups is 1. The predicted octanol–water partition coefficient (Wildman–Crippen LogP) is 4.97. The third-order valence-corrected chi connectivity index (χ3v) is 4.62. The van der Waals surface area contributed by atoms with E-state index in [0.29, 0.717) is 23.1 Å². The van der Waals surface area contributed by atoms with Gasteiger partial charge in [-0.1, -0.05) is 59.6 Å². The molecule has 2 aromatic carbocycles. The second-order valence-corrected chi connectivity index (χ2v) is 6.70. The number of hydrogen-bond acceptors (Lipinski definition) is 2. The Kier molecular flexibility index (Phi) is 5.20. The van der Waals surface area contributed by atoms with Crippen LogP contribution in [-0.2, 0) is 4.79 Å². The first-order valence-electron chi connectivity index (χ1n) is 7.68. The molecule has 0 aliphatic carbocycles. The number of benzene rings is 2. The molecule has 0 saturated carbocycles. The molecule has 1 aliphatic heterocycles. The normalized spacial score (nSPS) is 19.2. The zero-order valence-corrected chi connectivity index (χ0v) is 14.8. The first-order chi connectivity index (χ1) is 11.5. The number of ketones is 1. The van der Waals surface area contributed by atoms with E-state index >= 15 is 0 Å². The smallest absolute Gasteiger partial charge is 0.187 e. The first kappa shape index (κ1) is 17.0. The summed E-state index contributed by atoms with van der Waals surface area (Å²) < 4.78 is 0. The molecule has 0 aromatic heterocycles. The molecule has 0 unspecified atom stereocenters. The second kappa shape index (κ2) is 7.35. The summed E-state index contributed by atoms with van der Waals surface area (Å²) in [6.45, 7) is 1.20. The van der Waals surface area contributed by atoms with Gasteiger partial charge in [-0.15, -0.1) is 0 Å². The van der Waals surface area contributed by atoms with Gasteiger partial charge >= 0.3 is 0 Å². The Balaban J connectivity index is 1.98. The van der Waals surface area contributed by atoms with Crippen LogP contribution in [0.5, 0.6) is 0 Å². The quantitative estimate of drug-likeness (QED) is 0.706. The number of halogens is 2. The maximum absolute atomic E-state index is 12.9. The van der Waals surface area contributed by atoms with Crippen LogP contribution < -0.4 is 0 Å². The van der Waals surface area contributed by atoms with Crippen LogP contribution >= 0.6 is 23.2 Å². The van der Waals surface area contributed by atoms with Gasteiger partial charge in [0.15, 0.2) is 5.78 Å². The Morgan fingerprint density at radius 1 is 0.833 bits per heavy atom. The summed E-state index contributed by atoms with van der Waals surface area (Å²) in [6.07, 6.45) is 3.75. The van der Waals surface area contributed by atoms with Crippen LogP contribution in [-0.4, -0.2) is 30.8 Å². The van der Waals surface area contributed by atoms with Crippen LogP contribution in [0.2, 0.25) is 10.0 Å². The molecule has 0 bridgehead atoms. The van der Waals surface area contributed by atoms with Gasteiger partial charge in [0.1, 0.15) is 0 Å². The number of piperidine rings is 1. The van der Waals surface area contributed by atoms with Crippen molar-refractivity contribution < 1.29 is 4.79 Å². The van der Waals surface area contributed by atoms with Crippen molar-refractivity contribution in [2.24, 2.45) is 0 Å². The van der Waals surface area contributed by atoms with Crippen LogP contribution in [0.4, 0.5) is 0 Å². The van der Waals surface area contributed by atoms with E-state index < -0.39 is 0 Å². The first-order valence-corrected chi connectivity index (χ1v) is 8.43. The number of hydrogen-bond donors (Lipinski definition) is 0. The fourth-order valence-electron chi connectivity index (χ4n) is 2.77. The summed E-state index contributed by atoms with van der Waals surface area (Å²) in [5, 5.41) is 1.28. The van der Waals surface area contributed by atoms with Crippen molar-refractivity contribution in [2.75, 3.05) is 20.1 Å². The summed E-state index contributed by atoms with van der Waals surface area (Å²) >= 11 is 12.4. The molecule has 24 heavy (non-hydrogen) atoms. The third-order valence-electron chi connectivity index (χ3n) is 3.93. The SMILES string of the molecule is CN1CC(=Cc2ccccc2Cl)C(=O)/C(=C/c2ccccc2Cl)C1. The minimum absolute atomic E-state index is 0.0490. The van der Waals surface area contributed by atoms with E-state index in [-0.39, 0.29) is 5.78 Å². The molecule has 2 nitrogen and oxygen atoms in total. The lowest BCUT2D eigenvalue weighted by molar-refractivity contribution is -0.113. The van der Waals surface area contributed by atoms with Gasteiger partial charge in [-0.2, -0.15) is 0 Å². The van der Waals surface area contributed by atoms with Crippen LogP contribution in [0, 0.1) is 0 Å². The minimum Gasteiger partial charge on any atom is -0.298 e. The van der Waals surface area contributed by atoms with Crippen molar-refractivity contribution in [3.8, 4) is 0 Å². The summed E-state index contributed by atoms with van der Waals surface area (Å²) in [5.41, 5.74) is 3.18. The molecule has 2 aromatic rings. The van der Waals surface area contributed by atoms with E-state index in [9.17, 15) is 4.79 Å². The monoisotopic (exact) mass is 357 g/mol. The Bertz CT molecular complexity index is 772. The highest BCUT2D eigenvalue weighted by atomic mass is 35.5. The number of likely N-dealkylation sites (tertiary alicyclic amines) is 1. The fraction of sp³-hybridized carbons (Fsp3) is 0.150. The van der Waals surface area contributed by atoms with E-state index in [0.717, 1.165) is 22.3 Å². The van der Waals surface area contributed by atoms with E-state index in [4.69, 9.17) is 23.2 Å².